The zero-order valence-corrected chi connectivity index (χ0v) is 20.4. The number of anilines is 2. The first-order chi connectivity index (χ1) is 17.7. The van der Waals surface area contributed by atoms with Crippen molar-refractivity contribution in [2.75, 3.05) is 24.3 Å². The zero-order chi connectivity index (χ0) is 26.3. The number of rotatable bonds is 8. The van der Waals surface area contributed by atoms with Crippen LogP contribution in [0.4, 0.5) is 33.7 Å². The number of nitrogens with two attached hydrogens (primary N) is 1. The number of alkyl halides is 4. The Labute approximate surface area is 211 Å². The number of amides is 1. The van der Waals surface area contributed by atoms with Gasteiger partial charge in [-0.1, -0.05) is 6.07 Å². The highest BCUT2D eigenvalue weighted by Gasteiger charge is 2.36. The molecular formula is C27H29F4N3O3. The van der Waals surface area contributed by atoms with Crippen LogP contribution >= 0.6 is 0 Å². The van der Waals surface area contributed by atoms with Gasteiger partial charge in [-0.25, -0.2) is 9.18 Å². The summed E-state index contributed by atoms with van der Waals surface area (Å²) in [6, 6.07) is 9.01. The largest absolute Gasteiger partial charge is 0.491 e. The number of benzene rings is 2. The molecule has 37 heavy (non-hydrogen) atoms. The number of carbonyl (C=O) groups excluding carboxylic acids is 1. The molecule has 1 amide bonds. The lowest BCUT2D eigenvalue weighted by Crippen LogP contribution is -2.23. The number of nitrogen functional groups attached to an aromatic ring is 1. The van der Waals surface area contributed by atoms with Crippen molar-refractivity contribution in [2.45, 2.75) is 57.3 Å². The highest BCUT2D eigenvalue weighted by molar-refractivity contribution is 6.02. The minimum Gasteiger partial charge on any atom is -0.491 e. The number of aromatic nitrogens is 1. The lowest BCUT2D eigenvalue weighted by Gasteiger charge is -2.30. The molecule has 3 N–H and O–H groups in total. The fourth-order valence-electron chi connectivity index (χ4n) is 4.89. The minimum absolute atomic E-state index is 0.0669. The molecule has 1 aromatic heterocycles. The third-order valence-corrected chi connectivity index (χ3v) is 7.21. The zero-order valence-electron chi connectivity index (χ0n) is 20.4. The normalized spacial score (nSPS) is 16.9. The Morgan fingerprint density at radius 3 is 2.54 bits per heavy atom. The molecule has 2 aromatic carbocycles. The van der Waals surface area contributed by atoms with Gasteiger partial charge in [-0.15, -0.1) is 0 Å². The molecule has 2 fully saturated rings. The standard InChI is InChI=1S/C27H29F4N3O3/c1-15(16-5-6-16)37-26(35)33-22-10-7-17(13-21(22)27(29,30)31)25-24(32)20-9-8-19(36-12-11-28)14-23(20)34(25)18-3-2-4-18/h7-10,13-16,18H,2-6,11-12,32H2,1H3,(H,33,35)/t15-/m1/s1. The van der Waals surface area contributed by atoms with Gasteiger partial charge in [0.25, 0.3) is 0 Å². The van der Waals surface area contributed by atoms with E-state index in [0.717, 1.165) is 43.7 Å². The van der Waals surface area contributed by atoms with Crippen LogP contribution in [-0.2, 0) is 10.9 Å². The second-order valence-corrected chi connectivity index (χ2v) is 9.76. The Morgan fingerprint density at radius 1 is 1.16 bits per heavy atom. The molecule has 3 aromatic rings. The van der Waals surface area contributed by atoms with Gasteiger partial charge in [-0.3, -0.25) is 5.32 Å². The van der Waals surface area contributed by atoms with Crippen LogP contribution in [0.5, 0.6) is 5.75 Å². The predicted octanol–water partition coefficient (Wildman–Crippen LogP) is 7.33. The van der Waals surface area contributed by atoms with Gasteiger partial charge in [-0.05, 0) is 69.2 Å². The van der Waals surface area contributed by atoms with Gasteiger partial charge in [0, 0.05) is 23.1 Å². The van der Waals surface area contributed by atoms with E-state index in [1.165, 1.54) is 12.1 Å². The van der Waals surface area contributed by atoms with Gasteiger partial charge in [0.1, 0.15) is 25.1 Å². The average molecular weight is 520 g/mol. The van der Waals surface area contributed by atoms with Crippen LogP contribution in [0.2, 0.25) is 0 Å². The third-order valence-electron chi connectivity index (χ3n) is 7.21. The van der Waals surface area contributed by atoms with E-state index in [2.05, 4.69) is 5.32 Å². The number of halogens is 4. The van der Waals surface area contributed by atoms with Crippen molar-refractivity contribution >= 4 is 28.4 Å². The topological polar surface area (TPSA) is 78.5 Å². The Bertz CT molecular complexity index is 1310. The summed E-state index contributed by atoms with van der Waals surface area (Å²) < 4.78 is 67.7. The van der Waals surface area contributed by atoms with Gasteiger partial charge in [0.2, 0.25) is 0 Å². The van der Waals surface area contributed by atoms with Gasteiger partial charge in [0.05, 0.1) is 28.1 Å². The molecule has 198 valence electrons. The molecule has 1 heterocycles. The van der Waals surface area contributed by atoms with Gasteiger partial charge < -0.3 is 19.8 Å². The van der Waals surface area contributed by atoms with Gasteiger partial charge >= 0.3 is 12.3 Å². The van der Waals surface area contributed by atoms with Crippen LogP contribution < -0.4 is 15.8 Å². The van der Waals surface area contributed by atoms with E-state index in [0.29, 0.717) is 22.5 Å². The Kier molecular flexibility index (Phi) is 6.68. The molecule has 0 spiro atoms. The quantitative estimate of drug-likeness (QED) is 0.306. The van der Waals surface area contributed by atoms with Crippen molar-refractivity contribution in [2.24, 2.45) is 5.92 Å². The van der Waals surface area contributed by atoms with E-state index in [-0.39, 0.29) is 35.9 Å². The molecule has 0 saturated heterocycles. The Hall–Kier alpha value is -3.43. The molecule has 0 bridgehead atoms. The van der Waals surface area contributed by atoms with E-state index >= 15 is 0 Å². The summed E-state index contributed by atoms with van der Waals surface area (Å²) in [5.41, 5.74) is 6.98. The molecule has 1 atom stereocenters. The molecule has 6 nitrogen and oxygen atoms in total. The van der Waals surface area contributed by atoms with Crippen LogP contribution in [0, 0.1) is 5.92 Å². The number of nitrogens with one attached hydrogen (secondary N) is 1. The van der Waals surface area contributed by atoms with Crippen molar-refractivity contribution in [3.63, 3.8) is 0 Å². The number of ether oxygens (including phenoxy) is 2. The highest BCUT2D eigenvalue weighted by atomic mass is 19.4. The SMILES string of the molecule is C[C@@H](OC(=O)Nc1ccc(-c2c(N)c3ccc(OCCF)cc3n2C2CCC2)cc1C(F)(F)F)C1CC1. The minimum atomic E-state index is -4.73. The molecule has 2 aliphatic carbocycles. The monoisotopic (exact) mass is 519 g/mol. The molecule has 2 aliphatic rings. The van der Waals surface area contributed by atoms with Crippen molar-refractivity contribution < 1.29 is 31.8 Å². The maximum Gasteiger partial charge on any atom is 0.418 e. The third kappa shape index (κ3) is 5.06. The molecule has 5 rings (SSSR count). The Morgan fingerprint density at radius 2 is 1.92 bits per heavy atom. The summed E-state index contributed by atoms with van der Waals surface area (Å²) in [5, 5.41) is 2.95. The van der Waals surface area contributed by atoms with E-state index < -0.39 is 24.5 Å². The summed E-state index contributed by atoms with van der Waals surface area (Å²) in [6.45, 7) is 1.01. The maximum atomic E-state index is 14.1. The van der Waals surface area contributed by atoms with Crippen LogP contribution in [0.15, 0.2) is 36.4 Å². The number of hydrogen-bond donors (Lipinski definition) is 2. The van der Waals surface area contributed by atoms with Crippen LogP contribution in [-0.4, -0.2) is 30.0 Å². The summed E-state index contributed by atoms with van der Waals surface area (Å²) in [4.78, 5) is 12.3. The number of carbonyl (C=O) groups is 1. The van der Waals surface area contributed by atoms with Crippen molar-refractivity contribution in [1.29, 1.82) is 0 Å². The molecule has 10 heteroatoms. The van der Waals surface area contributed by atoms with E-state index in [1.54, 1.807) is 25.1 Å². The Balaban J connectivity index is 1.56. The number of nitrogens with zero attached hydrogens (tertiary/aromatic N) is 1. The van der Waals surface area contributed by atoms with E-state index in [1.807, 2.05) is 4.57 Å². The van der Waals surface area contributed by atoms with Crippen LogP contribution in [0.3, 0.4) is 0 Å². The smallest absolute Gasteiger partial charge is 0.418 e. The highest BCUT2D eigenvalue weighted by Crippen LogP contribution is 2.46. The fourth-order valence-corrected chi connectivity index (χ4v) is 4.89. The fraction of sp³-hybridized carbons (Fsp3) is 0.444. The number of fused-ring (bicyclic) bond motifs is 1. The van der Waals surface area contributed by atoms with Crippen molar-refractivity contribution in [3.8, 4) is 17.0 Å². The van der Waals surface area contributed by atoms with Crippen LogP contribution in [0.25, 0.3) is 22.2 Å². The summed E-state index contributed by atoms with van der Waals surface area (Å²) in [5.74, 6) is 0.721. The second-order valence-electron chi connectivity index (χ2n) is 9.76. The van der Waals surface area contributed by atoms with E-state index in [4.69, 9.17) is 15.2 Å². The molecule has 0 unspecified atom stereocenters. The lowest BCUT2D eigenvalue weighted by molar-refractivity contribution is -0.136. The van der Waals surface area contributed by atoms with Crippen molar-refractivity contribution in [1.82, 2.24) is 4.57 Å². The maximum absolute atomic E-state index is 14.1. The van der Waals surface area contributed by atoms with E-state index in [9.17, 15) is 22.4 Å². The predicted molar refractivity (Wildman–Crippen MR) is 133 cm³/mol. The summed E-state index contributed by atoms with van der Waals surface area (Å²) in [7, 11) is 0. The summed E-state index contributed by atoms with van der Waals surface area (Å²) in [6.07, 6.45) is -1.39. The second kappa shape index (κ2) is 9.79. The number of hydrogen-bond acceptors (Lipinski definition) is 4. The van der Waals surface area contributed by atoms with Gasteiger partial charge in [-0.2, -0.15) is 13.2 Å². The molecular weight excluding hydrogens is 490 g/mol. The first-order valence-corrected chi connectivity index (χ1v) is 12.5. The lowest BCUT2D eigenvalue weighted by atomic mass is 9.92. The van der Waals surface area contributed by atoms with Gasteiger partial charge in [0.15, 0.2) is 0 Å². The summed E-state index contributed by atoms with van der Waals surface area (Å²) >= 11 is 0. The average Bonchev–Trinajstić information content (AvgIpc) is 3.63. The first kappa shape index (κ1) is 25.2. The molecule has 0 aliphatic heterocycles. The first-order valence-electron chi connectivity index (χ1n) is 12.5. The van der Waals surface area contributed by atoms with Crippen LogP contribution in [0.1, 0.15) is 50.6 Å². The van der Waals surface area contributed by atoms with Crippen molar-refractivity contribution in [3.05, 3.63) is 42.0 Å². The molecule has 2 saturated carbocycles. The molecule has 0 radical (unpaired) electrons.